The highest BCUT2D eigenvalue weighted by Crippen LogP contribution is 2.21. The Labute approximate surface area is 91.2 Å². The molecule has 2 rings (SSSR count). The summed E-state index contributed by atoms with van der Waals surface area (Å²) in [6.45, 7) is 0. The van der Waals surface area contributed by atoms with E-state index in [0.717, 1.165) is 6.20 Å². The van der Waals surface area contributed by atoms with Crippen molar-refractivity contribution in [3.63, 3.8) is 0 Å². The molecule has 1 unspecified atom stereocenters. The van der Waals surface area contributed by atoms with Gasteiger partial charge in [-0.2, -0.15) is 0 Å². The normalized spacial score (nSPS) is 12.4. The highest BCUT2D eigenvalue weighted by Gasteiger charge is 2.11. The SMILES string of the molecule is OC(c1cccc(F)c1)c1cncc(F)c1. The van der Waals surface area contributed by atoms with Gasteiger partial charge in [-0.25, -0.2) is 8.78 Å². The van der Waals surface area contributed by atoms with E-state index in [1.165, 1.54) is 30.5 Å². The van der Waals surface area contributed by atoms with E-state index in [4.69, 9.17) is 0 Å². The fourth-order valence-corrected chi connectivity index (χ4v) is 1.45. The Bertz CT molecular complexity index is 456. The topological polar surface area (TPSA) is 33.1 Å². The van der Waals surface area contributed by atoms with Crippen LogP contribution in [0.4, 0.5) is 8.78 Å². The summed E-state index contributed by atoms with van der Waals surface area (Å²) in [6, 6.07) is 6.71. The van der Waals surface area contributed by atoms with Crippen LogP contribution in [0, 0.1) is 11.6 Å². The third kappa shape index (κ3) is 2.23. The molecule has 0 bridgehead atoms. The number of hydrogen-bond acceptors (Lipinski definition) is 2. The van der Waals surface area contributed by atoms with Crippen LogP contribution in [0.5, 0.6) is 0 Å². The maximum atomic E-state index is 12.9. The van der Waals surface area contributed by atoms with Gasteiger partial charge in [-0.15, -0.1) is 0 Å². The first kappa shape index (κ1) is 10.7. The summed E-state index contributed by atoms with van der Waals surface area (Å²) in [5.74, 6) is -0.978. The van der Waals surface area contributed by atoms with E-state index < -0.39 is 17.7 Å². The third-order valence-corrected chi connectivity index (χ3v) is 2.21. The van der Waals surface area contributed by atoms with Gasteiger partial charge in [-0.1, -0.05) is 12.1 Å². The van der Waals surface area contributed by atoms with Gasteiger partial charge in [0.25, 0.3) is 0 Å². The first-order valence-corrected chi connectivity index (χ1v) is 4.71. The minimum Gasteiger partial charge on any atom is -0.384 e. The summed E-state index contributed by atoms with van der Waals surface area (Å²) in [5, 5.41) is 9.87. The molecular formula is C12H9F2NO. The zero-order valence-corrected chi connectivity index (χ0v) is 8.27. The van der Waals surface area contributed by atoms with Gasteiger partial charge in [0.1, 0.15) is 17.7 Å². The molecule has 1 aromatic carbocycles. The summed E-state index contributed by atoms with van der Waals surface area (Å²) in [5.41, 5.74) is 0.665. The quantitative estimate of drug-likeness (QED) is 0.844. The lowest BCUT2D eigenvalue weighted by Crippen LogP contribution is -2.01. The molecule has 0 spiro atoms. The van der Waals surface area contributed by atoms with E-state index in [2.05, 4.69) is 4.98 Å². The van der Waals surface area contributed by atoms with Gasteiger partial charge in [0, 0.05) is 11.8 Å². The van der Waals surface area contributed by atoms with E-state index >= 15 is 0 Å². The predicted octanol–water partition coefficient (Wildman–Crippen LogP) is 2.44. The molecule has 82 valence electrons. The van der Waals surface area contributed by atoms with Crippen LogP contribution in [-0.2, 0) is 0 Å². The molecule has 0 saturated heterocycles. The lowest BCUT2D eigenvalue weighted by atomic mass is 10.0. The average Bonchev–Trinajstić information content (AvgIpc) is 2.28. The zero-order chi connectivity index (χ0) is 11.5. The number of aliphatic hydroxyl groups excluding tert-OH is 1. The van der Waals surface area contributed by atoms with Gasteiger partial charge in [0.15, 0.2) is 0 Å². The fourth-order valence-electron chi connectivity index (χ4n) is 1.45. The Balaban J connectivity index is 2.35. The molecule has 0 aliphatic carbocycles. The molecule has 0 aliphatic rings. The molecule has 2 aromatic rings. The second-order valence-corrected chi connectivity index (χ2v) is 3.39. The summed E-state index contributed by atoms with van der Waals surface area (Å²) in [6.07, 6.45) is 1.32. The lowest BCUT2D eigenvalue weighted by molar-refractivity contribution is 0.219. The van der Waals surface area contributed by atoms with Crippen LogP contribution < -0.4 is 0 Å². The summed E-state index contributed by atoms with van der Waals surface area (Å²) in [7, 11) is 0. The van der Waals surface area contributed by atoms with Gasteiger partial charge in [0.05, 0.1) is 6.20 Å². The average molecular weight is 221 g/mol. The van der Waals surface area contributed by atoms with Crippen molar-refractivity contribution >= 4 is 0 Å². The molecule has 0 aliphatic heterocycles. The number of hydrogen-bond donors (Lipinski definition) is 1. The van der Waals surface area contributed by atoms with Gasteiger partial charge in [-0.3, -0.25) is 4.98 Å². The molecule has 16 heavy (non-hydrogen) atoms. The van der Waals surface area contributed by atoms with Gasteiger partial charge in [0.2, 0.25) is 0 Å². The summed E-state index contributed by atoms with van der Waals surface area (Å²) < 4.78 is 25.8. The number of nitrogens with zero attached hydrogens (tertiary/aromatic N) is 1. The molecule has 1 N–H and O–H groups in total. The molecule has 0 fully saturated rings. The Morgan fingerprint density at radius 1 is 1.00 bits per heavy atom. The largest absolute Gasteiger partial charge is 0.384 e. The molecule has 0 amide bonds. The number of aromatic nitrogens is 1. The summed E-state index contributed by atoms with van der Waals surface area (Å²) in [4.78, 5) is 3.62. The minimum atomic E-state index is -1.07. The van der Waals surface area contributed by atoms with Gasteiger partial charge < -0.3 is 5.11 Å². The number of benzene rings is 1. The number of rotatable bonds is 2. The highest BCUT2D eigenvalue weighted by molar-refractivity contribution is 5.28. The molecule has 4 heteroatoms. The lowest BCUT2D eigenvalue weighted by Gasteiger charge is -2.10. The smallest absolute Gasteiger partial charge is 0.141 e. The zero-order valence-electron chi connectivity index (χ0n) is 8.27. The van der Waals surface area contributed by atoms with Crippen LogP contribution >= 0.6 is 0 Å². The van der Waals surface area contributed by atoms with Gasteiger partial charge >= 0.3 is 0 Å². The van der Waals surface area contributed by atoms with Gasteiger partial charge in [-0.05, 0) is 23.8 Å². The van der Waals surface area contributed by atoms with Crippen molar-refractivity contribution in [1.82, 2.24) is 4.98 Å². The second kappa shape index (κ2) is 4.37. The first-order chi connectivity index (χ1) is 7.66. The Morgan fingerprint density at radius 2 is 1.75 bits per heavy atom. The molecule has 0 radical (unpaired) electrons. The van der Waals surface area contributed by atoms with E-state index in [1.54, 1.807) is 6.07 Å². The van der Waals surface area contributed by atoms with Crippen LogP contribution in [0.1, 0.15) is 17.2 Å². The molecule has 0 saturated carbocycles. The van der Waals surface area contributed by atoms with E-state index in [1.807, 2.05) is 0 Å². The van der Waals surface area contributed by atoms with E-state index in [-0.39, 0.29) is 0 Å². The highest BCUT2D eigenvalue weighted by atomic mass is 19.1. The van der Waals surface area contributed by atoms with Crippen molar-refractivity contribution in [3.05, 3.63) is 65.5 Å². The second-order valence-electron chi connectivity index (χ2n) is 3.39. The molecule has 2 nitrogen and oxygen atoms in total. The first-order valence-electron chi connectivity index (χ1n) is 4.71. The van der Waals surface area contributed by atoms with Crippen LogP contribution in [0.25, 0.3) is 0 Å². The summed E-state index contributed by atoms with van der Waals surface area (Å²) >= 11 is 0. The standard InChI is InChI=1S/C12H9F2NO/c13-10-3-1-2-8(4-10)12(16)9-5-11(14)7-15-6-9/h1-7,12,16H. The fraction of sp³-hybridized carbons (Fsp3) is 0.0833. The molecule has 1 atom stereocenters. The Morgan fingerprint density at radius 3 is 2.44 bits per heavy atom. The maximum Gasteiger partial charge on any atom is 0.141 e. The van der Waals surface area contributed by atoms with Crippen LogP contribution in [0.2, 0.25) is 0 Å². The monoisotopic (exact) mass is 221 g/mol. The Kier molecular flexibility index (Phi) is 2.92. The number of halogens is 2. The molecule has 1 aromatic heterocycles. The molecule has 1 heterocycles. The van der Waals surface area contributed by atoms with Crippen molar-refractivity contribution in [2.75, 3.05) is 0 Å². The van der Waals surface area contributed by atoms with Crippen LogP contribution in [0.3, 0.4) is 0 Å². The molecular weight excluding hydrogens is 212 g/mol. The number of aliphatic hydroxyl groups is 1. The van der Waals surface area contributed by atoms with E-state index in [0.29, 0.717) is 11.1 Å². The van der Waals surface area contributed by atoms with Crippen molar-refractivity contribution in [1.29, 1.82) is 0 Å². The van der Waals surface area contributed by atoms with Crippen molar-refractivity contribution in [2.24, 2.45) is 0 Å². The van der Waals surface area contributed by atoms with Crippen molar-refractivity contribution in [3.8, 4) is 0 Å². The maximum absolute atomic E-state index is 12.9. The number of pyridine rings is 1. The predicted molar refractivity (Wildman–Crippen MR) is 54.7 cm³/mol. The van der Waals surface area contributed by atoms with E-state index in [9.17, 15) is 13.9 Å². The minimum absolute atomic E-state index is 0.297. The van der Waals surface area contributed by atoms with Crippen molar-refractivity contribution < 1.29 is 13.9 Å². The van der Waals surface area contributed by atoms with Crippen LogP contribution in [-0.4, -0.2) is 10.1 Å². The van der Waals surface area contributed by atoms with Crippen molar-refractivity contribution in [2.45, 2.75) is 6.10 Å². The third-order valence-electron chi connectivity index (χ3n) is 2.21. The Hall–Kier alpha value is -1.81. The van der Waals surface area contributed by atoms with Crippen LogP contribution in [0.15, 0.2) is 42.7 Å².